The highest BCUT2D eigenvalue weighted by atomic mass is 28.4. The van der Waals surface area contributed by atoms with Gasteiger partial charge in [-0.1, -0.05) is 81.4 Å². The van der Waals surface area contributed by atoms with E-state index in [1.165, 1.54) is 10.4 Å². The molecule has 1 fully saturated rings. The standard InChI is InChI=1S/C22H26N2O3Si/c1-22(2,3)28(16-10-6-4-7-11-16,17-12-8-5-9-13-17)26-15-19-18-14-23-24-20(18)21(25)27-19/h4-13,18-20H,14-15H2,1-3H3/t18-,19-,20-/m1/s1. The number of hydrogen-bond donors (Lipinski definition) is 0. The summed E-state index contributed by atoms with van der Waals surface area (Å²) in [5.74, 6) is -0.284. The van der Waals surface area contributed by atoms with E-state index in [-0.39, 0.29) is 23.0 Å². The minimum atomic E-state index is -2.64. The maximum Gasteiger partial charge on any atom is 0.333 e. The Hall–Kier alpha value is -2.31. The van der Waals surface area contributed by atoms with Crippen molar-refractivity contribution in [2.45, 2.75) is 38.0 Å². The third kappa shape index (κ3) is 3.10. The number of rotatable bonds is 5. The lowest BCUT2D eigenvalue weighted by Gasteiger charge is -2.43. The molecular formula is C22H26N2O3Si. The van der Waals surface area contributed by atoms with E-state index in [4.69, 9.17) is 9.16 Å². The number of fused-ring (bicyclic) bond motifs is 1. The Morgan fingerprint density at radius 3 is 2.14 bits per heavy atom. The summed E-state index contributed by atoms with van der Waals surface area (Å²) < 4.78 is 12.5. The van der Waals surface area contributed by atoms with Gasteiger partial charge in [0.05, 0.1) is 19.1 Å². The van der Waals surface area contributed by atoms with Gasteiger partial charge in [-0.05, 0) is 15.4 Å². The van der Waals surface area contributed by atoms with Crippen LogP contribution in [-0.2, 0) is 14.0 Å². The van der Waals surface area contributed by atoms with E-state index >= 15 is 0 Å². The predicted molar refractivity (Wildman–Crippen MR) is 110 cm³/mol. The van der Waals surface area contributed by atoms with E-state index in [0.29, 0.717) is 13.2 Å². The lowest BCUT2D eigenvalue weighted by molar-refractivity contribution is -0.143. The molecule has 0 aromatic heterocycles. The fraction of sp³-hybridized carbons (Fsp3) is 0.409. The molecule has 0 radical (unpaired) electrons. The van der Waals surface area contributed by atoms with Crippen LogP contribution in [0.1, 0.15) is 20.8 Å². The molecular weight excluding hydrogens is 368 g/mol. The predicted octanol–water partition coefficient (Wildman–Crippen LogP) is 2.94. The van der Waals surface area contributed by atoms with Crippen LogP contribution in [0.15, 0.2) is 70.9 Å². The molecule has 6 heteroatoms. The lowest BCUT2D eigenvalue weighted by atomic mass is 9.99. The van der Waals surface area contributed by atoms with E-state index in [0.717, 1.165) is 0 Å². The molecule has 5 nitrogen and oxygen atoms in total. The summed E-state index contributed by atoms with van der Waals surface area (Å²) in [6.07, 6.45) is -0.297. The molecule has 2 aromatic rings. The Morgan fingerprint density at radius 2 is 1.61 bits per heavy atom. The zero-order valence-electron chi connectivity index (χ0n) is 16.5. The molecule has 0 bridgehead atoms. The molecule has 1 saturated heterocycles. The Labute approximate surface area is 166 Å². The quantitative estimate of drug-likeness (QED) is 0.579. The molecule has 146 valence electrons. The van der Waals surface area contributed by atoms with E-state index in [2.05, 4.69) is 79.5 Å². The first-order valence-corrected chi connectivity index (χ1v) is 11.7. The fourth-order valence-electron chi connectivity index (χ4n) is 4.39. The third-order valence-corrected chi connectivity index (χ3v) is 10.8. The topological polar surface area (TPSA) is 60.2 Å². The van der Waals surface area contributed by atoms with Gasteiger partial charge in [0, 0.05) is 0 Å². The second-order valence-corrected chi connectivity index (χ2v) is 12.8. The van der Waals surface area contributed by atoms with Gasteiger partial charge in [-0.15, -0.1) is 0 Å². The number of hydrogen-bond acceptors (Lipinski definition) is 5. The first-order valence-electron chi connectivity index (χ1n) is 9.75. The summed E-state index contributed by atoms with van der Waals surface area (Å²) in [5.41, 5.74) is 0. The van der Waals surface area contributed by atoms with Crippen molar-refractivity contribution in [1.82, 2.24) is 0 Å². The van der Waals surface area contributed by atoms with Crippen LogP contribution in [0.25, 0.3) is 0 Å². The molecule has 0 aliphatic carbocycles. The Bertz CT molecular complexity index is 825. The van der Waals surface area contributed by atoms with Crippen LogP contribution in [0, 0.1) is 5.92 Å². The second-order valence-electron chi connectivity index (χ2n) is 8.50. The molecule has 2 heterocycles. The number of azo groups is 1. The molecule has 2 aliphatic heterocycles. The largest absolute Gasteiger partial charge is 0.458 e. The van der Waals surface area contributed by atoms with Gasteiger partial charge in [0.2, 0.25) is 0 Å². The van der Waals surface area contributed by atoms with E-state index in [1.807, 2.05) is 12.1 Å². The summed E-state index contributed by atoms with van der Waals surface area (Å²) >= 11 is 0. The van der Waals surface area contributed by atoms with Crippen molar-refractivity contribution in [3.05, 3.63) is 60.7 Å². The van der Waals surface area contributed by atoms with Crippen LogP contribution < -0.4 is 10.4 Å². The lowest BCUT2D eigenvalue weighted by Crippen LogP contribution is -2.67. The van der Waals surface area contributed by atoms with Crippen molar-refractivity contribution in [3.8, 4) is 0 Å². The molecule has 3 atom stereocenters. The third-order valence-electron chi connectivity index (χ3n) is 5.77. The summed E-state index contributed by atoms with van der Waals surface area (Å²) in [4.78, 5) is 12.1. The zero-order chi connectivity index (χ0) is 19.8. The Balaban J connectivity index is 1.72. The van der Waals surface area contributed by atoms with Crippen molar-refractivity contribution in [2.75, 3.05) is 13.2 Å². The van der Waals surface area contributed by atoms with E-state index in [9.17, 15) is 4.79 Å². The van der Waals surface area contributed by atoms with Gasteiger partial charge in [-0.2, -0.15) is 10.2 Å². The average molecular weight is 395 g/mol. The van der Waals surface area contributed by atoms with Crippen LogP contribution in [0.5, 0.6) is 0 Å². The first kappa shape index (κ1) is 19.0. The van der Waals surface area contributed by atoms with Gasteiger partial charge in [0.15, 0.2) is 6.04 Å². The van der Waals surface area contributed by atoms with Crippen molar-refractivity contribution in [2.24, 2.45) is 16.1 Å². The normalized spacial score (nSPS) is 24.2. The summed E-state index contributed by atoms with van der Waals surface area (Å²) in [6.45, 7) is 7.62. The monoisotopic (exact) mass is 394 g/mol. The van der Waals surface area contributed by atoms with Crippen LogP contribution in [0.4, 0.5) is 0 Å². The minimum absolute atomic E-state index is 0.00860. The molecule has 0 amide bonds. The number of cyclic esters (lactones) is 1. The summed E-state index contributed by atoms with van der Waals surface area (Å²) in [7, 11) is -2.64. The molecule has 0 saturated carbocycles. The van der Waals surface area contributed by atoms with Crippen LogP contribution >= 0.6 is 0 Å². The fourth-order valence-corrected chi connectivity index (χ4v) is 8.96. The average Bonchev–Trinajstić information content (AvgIpc) is 3.28. The van der Waals surface area contributed by atoms with Crippen molar-refractivity contribution < 1.29 is 14.0 Å². The minimum Gasteiger partial charge on any atom is -0.458 e. The summed E-state index contributed by atoms with van der Waals surface area (Å²) in [6, 6.07) is 20.5. The van der Waals surface area contributed by atoms with Gasteiger partial charge in [-0.3, -0.25) is 0 Å². The number of ether oxygens (including phenoxy) is 1. The van der Waals surface area contributed by atoms with Crippen LogP contribution in [0.3, 0.4) is 0 Å². The van der Waals surface area contributed by atoms with Crippen LogP contribution in [-0.4, -0.2) is 39.6 Å². The summed E-state index contributed by atoms with van der Waals surface area (Å²) in [5, 5.41) is 10.4. The molecule has 2 aliphatic rings. The highest BCUT2D eigenvalue weighted by Gasteiger charge is 2.53. The maximum absolute atomic E-state index is 12.1. The van der Waals surface area contributed by atoms with Gasteiger partial charge in [0.25, 0.3) is 8.32 Å². The van der Waals surface area contributed by atoms with E-state index in [1.54, 1.807) is 0 Å². The zero-order valence-corrected chi connectivity index (χ0v) is 17.5. The number of carbonyl (C=O) groups excluding carboxylic acids is 1. The highest BCUT2D eigenvalue weighted by Crippen LogP contribution is 2.38. The molecule has 0 unspecified atom stereocenters. The van der Waals surface area contributed by atoms with Gasteiger partial charge >= 0.3 is 5.97 Å². The number of nitrogens with zero attached hydrogens (tertiary/aromatic N) is 2. The SMILES string of the molecule is CC(C)(C)[Si](OC[C@H]1OC(=O)[C@@H]2N=NC[C@H]12)(c1ccccc1)c1ccccc1. The smallest absolute Gasteiger partial charge is 0.333 e. The van der Waals surface area contributed by atoms with Crippen LogP contribution in [0.2, 0.25) is 5.04 Å². The molecule has 28 heavy (non-hydrogen) atoms. The molecule has 0 spiro atoms. The van der Waals surface area contributed by atoms with Crippen molar-refractivity contribution in [1.29, 1.82) is 0 Å². The first-order chi connectivity index (χ1) is 13.4. The highest BCUT2D eigenvalue weighted by molar-refractivity contribution is 6.99. The number of benzene rings is 2. The molecule has 2 aromatic carbocycles. The molecule has 4 rings (SSSR count). The van der Waals surface area contributed by atoms with Gasteiger partial charge in [-0.25, -0.2) is 4.79 Å². The van der Waals surface area contributed by atoms with Crippen molar-refractivity contribution in [3.63, 3.8) is 0 Å². The van der Waals surface area contributed by atoms with Gasteiger partial charge < -0.3 is 9.16 Å². The van der Waals surface area contributed by atoms with Crippen molar-refractivity contribution >= 4 is 24.7 Å². The van der Waals surface area contributed by atoms with E-state index < -0.39 is 14.4 Å². The maximum atomic E-state index is 12.1. The van der Waals surface area contributed by atoms with Gasteiger partial charge in [0.1, 0.15) is 6.10 Å². The molecule has 0 N–H and O–H groups in total. The Morgan fingerprint density at radius 1 is 1.04 bits per heavy atom. The number of esters is 1. The second kappa shape index (κ2) is 7.26. The Kier molecular flexibility index (Phi) is 4.93. The number of carbonyl (C=O) groups is 1.